The van der Waals surface area contributed by atoms with E-state index in [0.29, 0.717) is 37.0 Å². The van der Waals surface area contributed by atoms with Gasteiger partial charge in [-0.3, -0.25) is 0 Å². The highest BCUT2D eigenvalue weighted by molar-refractivity contribution is 7.97. The number of nitrogens with zero attached hydrogens (tertiary/aromatic N) is 3. The summed E-state index contributed by atoms with van der Waals surface area (Å²) < 4.78 is 19.5. The maximum Gasteiger partial charge on any atom is 0.230 e. The lowest BCUT2D eigenvalue weighted by molar-refractivity contribution is 0.354. The number of rotatable bonds is 8. The van der Waals surface area contributed by atoms with Crippen LogP contribution in [0.5, 0.6) is 5.75 Å². The summed E-state index contributed by atoms with van der Waals surface area (Å²) in [6.45, 7) is 0.295. The summed E-state index contributed by atoms with van der Waals surface area (Å²) in [5.74, 6) is 2.44. The van der Waals surface area contributed by atoms with Crippen LogP contribution in [0.25, 0.3) is 11.4 Å². The summed E-state index contributed by atoms with van der Waals surface area (Å²) in [6.07, 6.45) is 8.26. The number of hydrogen-bond acceptors (Lipinski definition) is 6. The molecule has 0 aliphatic heterocycles. The van der Waals surface area contributed by atoms with Crippen LogP contribution in [0.2, 0.25) is 0 Å². The highest BCUT2D eigenvalue weighted by Gasteiger charge is 2.12. The fourth-order valence-corrected chi connectivity index (χ4v) is 3.80. The van der Waals surface area contributed by atoms with E-state index in [9.17, 15) is 4.39 Å². The molecule has 31 heavy (non-hydrogen) atoms. The Morgan fingerprint density at radius 2 is 2.03 bits per heavy atom. The third-order valence-corrected chi connectivity index (χ3v) is 5.34. The van der Waals surface area contributed by atoms with Crippen molar-refractivity contribution in [2.45, 2.75) is 18.6 Å². The van der Waals surface area contributed by atoms with Crippen molar-refractivity contribution >= 4 is 23.4 Å². The van der Waals surface area contributed by atoms with Crippen molar-refractivity contribution in [3.63, 3.8) is 0 Å². The van der Waals surface area contributed by atoms with Crippen LogP contribution in [0.3, 0.4) is 0 Å². The van der Waals surface area contributed by atoms with Crippen molar-refractivity contribution < 1.29 is 9.13 Å². The van der Waals surface area contributed by atoms with Crippen molar-refractivity contribution in [2.24, 2.45) is 0 Å². The molecular weight excluding hydrogens is 411 g/mol. The van der Waals surface area contributed by atoms with E-state index >= 15 is 0 Å². The number of benzene rings is 2. The molecule has 0 bridgehead atoms. The molecule has 0 amide bonds. The van der Waals surface area contributed by atoms with E-state index in [1.807, 2.05) is 42.5 Å². The van der Waals surface area contributed by atoms with Crippen LogP contribution in [0.1, 0.15) is 18.4 Å². The number of para-hydroxylation sites is 1. The molecule has 2 aromatic carbocycles. The minimum atomic E-state index is -0.107. The van der Waals surface area contributed by atoms with Gasteiger partial charge in [0.1, 0.15) is 24.5 Å². The molecule has 0 fully saturated rings. The number of allylic oxidation sites excluding steroid dienone is 2. The SMILES string of the molecule is CSCc1cccc(Nc2ncnc(-c3ccccc3OCC3=CCCC(F)=C3)n2)c1. The minimum absolute atomic E-state index is 0.107. The molecule has 3 aromatic rings. The molecule has 7 heteroatoms. The first-order valence-electron chi connectivity index (χ1n) is 10.0. The fourth-order valence-electron chi connectivity index (χ4n) is 3.29. The van der Waals surface area contributed by atoms with Gasteiger partial charge < -0.3 is 10.1 Å². The maximum absolute atomic E-state index is 13.5. The molecule has 158 valence electrons. The van der Waals surface area contributed by atoms with E-state index in [1.165, 1.54) is 11.9 Å². The minimum Gasteiger partial charge on any atom is -0.488 e. The Kier molecular flexibility index (Phi) is 6.94. The Morgan fingerprint density at radius 3 is 2.90 bits per heavy atom. The molecule has 0 unspecified atom stereocenters. The molecule has 0 spiro atoms. The van der Waals surface area contributed by atoms with Crippen molar-refractivity contribution in [1.82, 2.24) is 15.0 Å². The summed E-state index contributed by atoms with van der Waals surface area (Å²) in [7, 11) is 0. The van der Waals surface area contributed by atoms with Crippen molar-refractivity contribution in [3.05, 3.63) is 84.0 Å². The molecule has 1 N–H and O–H groups in total. The van der Waals surface area contributed by atoms with Gasteiger partial charge in [0.2, 0.25) is 5.95 Å². The first kappa shape index (κ1) is 21.1. The van der Waals surface area contributed by atoms with E-state index in [0.717, 1.165) is 22.6 Å². The number of hydrogen-bond donors (Lipinski definition) is 1. The normalized spacial score (nSPS) is 13.4. The van der Waals surface area contributed by atoms with Gasteiger partial charge in [0.25, 0.3) is 0 Å². The van der Waals surface area contributed by atoms with Crippen LogP contribution in [0.15, 0.2) is 78.4 Å². The van der Waals surface area contributed by atoms with E-state index in [4.69, 9.17) is 4.74 Å². The van der Waals surface area contributed by atoms with Gasteiger partial charge in [-0.2, -0.15) is 16.7 Å². The average Bonchev–Trinajstić information content (AvgIpc) is 2.79. The van der Waals surface area contributed by atoms with Crippen LogP contribution in [-0.2, 0) is 5.75 Å². The zero-order chi connectivity index (χ0) is 21.5. The standard InChI is InChI=1S/C24H23FN4OS/c1-31-15-18-7-5-9-20(13-18)28-24-27-16-26-23(29-24)21-10-2-3-11-22(21)30-14-17-6-4-8-19(25)12-17/h2-3,5-7,9-13,16H,4,8,14-15H2,1H3,(H,26,27,28,29). The summed E-state index contributed by atoms with van der Waals surface area (Å²) in [5, 5.41) is 3.25. The van der Waals surface area contributed by atoms with Gasteiger partial charge in [0.15, 0.2) is 5.82 Å². The summed E-state index contributed by atoms with van der Waals surface area (Å²) in [4.78, 5) is 13.2. The van der Waals surface area contributed by atoms with Gasteiger partial charge in [0, 0.05) is 17.9 Å². The number of aromatic nitrogens is 3. The van der Waals surface area contributed by atoms with E-state index < -0.39 is 0 Å². The van der Waals surface area contributed by atoms with Crippen molar-refractivity contribution in [3.8, 4) is 17.1 Å². The molecule has 4 rings (SSSR count). The fraction of sp³-hybridized carbons (Fsp3) is 0.208. The Labute approximate surface area is 185 Å². The van der Waals surface area contributed by atoms with Crippen molar-refractivity contribution in [1.29, 1.82) is 0 Å². The Morgan fingerprint density at radius 1 is 1.13 bits per heavy atom. The van der Waals surface area contributed by atoms with Gasteiger partial charge in [0.05, 0.1) is 5.56 Å². The molecule has 0 radical (unpaired) electrons. The Balaban J connectivity index is 1.53. The largest absolute Gasteiger partial charge is 0.488 e. The smallest absolute Gasteiger partial charge is 0.230 e. The maximum atomic E-state index is 13.5. The second-order valence-electron chi connectivity index (χ2n) is 7.08. The van der Waals surface area contributed by atoms with E-state index in [-0.39, 0.29) is 5.83 Å². The Bertz CT molecular complexity index is 1120. The van der Waals surface area contributed by atoms with Crippen LogP contribution in [0.4, 0.5) is 16.0 Å². The summed E-state index contributed by atoms with van der Waals surface area (Å²) in [6, 6.07) is 15.7. The monoisotopic (exact) mass is 434 g/mol. The zero-order valence-electron chi connectivity index (χ0n) is 17.2. The van der Waals surface area contributed by atoms with Gasteiger partial charge in [-0.15, -0.1) is 0 Å². The molecule has 1 aliphatic rings. The average molecular weight is 435 g/mol. The van der Waals surface area contributed by atoms with Crippen LogP contribution in [0, 0.1) is 0 Å². The predicted octanol–water partition coefficient (Wildman–Crippen LogP) is 6.10. The van der Waals surface area contributed by atoms with Gasteiger partial charge in [-0.1, -0.05) is 30.3 Å². The number of anilines is 2. The number of nitrogens with one attached hydrogen (secondary N) is 1. The first-order valence-corrected chi connectivity index (χ1v) is 11.4. The van der Waals surface area contributed by atoms with E-state index in [2.05, 4.69) is 38.7 Å². The van der Waals surface area contributed by atoms with Crippen LogP contribution >= 0.6 is 11.8 Å². The molecule has 1 aromatic heterocycles. The van der Waals surface area contributed by atoms with Crippen LogP contribution in [-0.4, -0.2) is 27.8 Å². The first-order chi connectivity index (χ1) is 15.2. The topological polar surface area (TPSA) is 59.9 Å². The highest BCUT2D eigenvalue weighted by atomic mass is 32.2. The van der Waals surface area contributed by atoms with Gasteiger partial charge >= 0.3 is 0 Å². The molecule has 1 aliphatic carbocycles. The van der Waals surface area contributed by atoms with E-state index in [1.54, 1.807) is 17.8 Å². The Hall–Kier alpha value is -3.19. The number of ether oxygens (including phenoxy) is 1. The molecule has 1 heterocycles. The lowest BCUT2D eigenvalue weighted by Crippen LogP contribution is -2.05. The van der Waals surface area contributed by atoms with Crippen LogP contribution < -0.4 is 10.1 Å². The zero-order valence-corrected chi connectivity index (χ0v) is 18.0. The predicted molar refractivity (Wildman–Crippen MR) is 124 cm³/mol. The molecule has 0 atom stereocenters. The quantitative estimate of drug-likeness (QED) is 0.462. The third kappa shape index (κ3) is 5.70. The lowest BCUT2D eigenvalue weighted by atomic mass is 10.1. The summed E-state index contributed by atoms with van der Waals surface area (Å²) in [5.41, 5.74) is 3.74. The molecule has 5 nitrogen and oxygen atoms in total. The highest BCUT2D eigenvalue weighted by Crippen LogP contribution is 2.29. The summed E-state index contributed by atoms with van der Waals surface area (Å²) >= 11 is 1.77. The molecule has 0 saturated carbocycles. The van der Waals surface area contributed by atoms with Gasteiger partial charge in [-0.25, -0.2) is 14.4 Å². The van der Waals surface area contributed by atoms with Crippen molar-refractivity contribution in [2.75, 3.05) is 18.2 Å². The second-order valence-corrected chi connectivity index (χ2v) is 7.95. The number of thioether (sulfide) groups is 1. The van der Waals surface area contributed by atoms with Gasteiger partial charge in [-0.05, 0) is 54.2 Å². The third-order valence-electron chi connectivity index (χ3n) is 4.72. The number of halogens is 1. The second kappa shape index (κ2) is 10.2. The molecular formula is C24H23FN4OS. The molecule has 0 saturated heterocycles. The lowest BCUT2D eigenvalue weighted by Gasteiger charge is -2.13.